The van der Waals surface area contributed by atoms with Gasteiger partial charge in [0.1, 0.15) is 0 Å². The number of benzene rings is 12. The number of aromatic nitrogens is 2. The SMILES string of the molecule is C/C=C\C.CS.c1ccc(-c2cccc(-c3cccc(-c4cccc(-n5c6ccccc6c6cc(-c7ccc8c(c7)c7ccccc7n8-c7cccc(-c8cccc(-c9cccc(-c%10ccccc%10)c9)c8)c7)ccc65)c4)c3)c2)cc1. The van der Waals surface area contributed by atoms with Crippen LogP contribution in [0.5, 0.6) is 0 Å². The molecule has 0 amide bonds. The number of allylic oxidation sites excluding steroid dienone is 2. The molecule has 0 fully saturated rings. The van der Waals surface area contributed by atoms with E-state index in [0.717, 1.165) is 11.4 Å². The molecule has 12 aromatic carbocycles. The summed E-state index contributed by atoms with van der Waals surface area (Å²) in [6.45, 7) is 4.00. The molecule has 3 heteroatoms. The van der Waals surface area contributed by atoms with Crippen molar-refractivity contribution in [1.29, 1.82) is 0 Å². The van der Waals surface area contributed by atoms with Crippen LogP contribution in [0.4, 0.5) is 0 Å². The molecule has 2 nitrogen and oxygen atoms in total. The topological polar surface area (TPSA) is 9.86 Å². The second-order valence-corrected chi connectivity index (χ2v) is 20.0. The van der Waals surface area contributed by atoms with Crippen LogP contribution in [-0.4, -0.2) is 15.4 Å². The molecule has 0 bridgehead atoms. The minimum absolute atomic E-state index is 1.14. The van der Waals surface area contributed by atoms with Crippen molar-refractivity contribution in [3.63, 3.8) is 0 Å². The third kappa shape index (κ3) is 10.1. The average molecular weight is 1050 g/mol. The van der Waals surface area contributed by atoms with Gasteiger partial charge in [-0.05, 0) is 183 Å². The van der Waals surface area contributed by atoms with Gasteiger partial charge in [0.25, 0.3) is 0 Å². The Morgan fingerprint density at radius 2 is 0.463 bits per heavy atom. The maximum atomic E-state index is 3.53. The Labute approximate surface area is 475 Å². The fourth-order valence-electron chi connectivity index (χ4n) is 11.3. The lowest BCUT2D eigenvalue weighted by Gasteiger charge is -2.12. The van der Waals surface area contributed by atoms with Gasteiger partial charge in [-0.15, -0.1) is 0 Å². The van der Waals surface area contributed by atoms with Crippen molar-refractivity contribution >= 4 is 56.2 Å². The first-order chi connectivity index (χ1) is 39.6. The van der Waals surface area contributed by atoms with Crippen molar-refractivity contribution < 1.29 is 0 Å². The molecule has 384 valence electrons. The van der Waals surface area contributed by atoms with E-state index < -0.39 is 0 Å². The minimum atomic E-state index is 1.14. The third-order valence-electron chi connectivity index (χ3n) is 15.2. The summed E-state index contributed by atoms with van der Waals surface area (Å²) in [5, 5.41) is 4.94. The van der Waals surface area contributed by atoms with E-state index in [1.165, 1.54) is 122 Å². The van der Waals surface area contributed by atoms with E-state index in [1.54, 1.807) is 6.26 Å². The fourth-order valence-corrected chi connectivity index (χ4v) is 11.3. The summed E-state index contributed by atoms with van der Waals surface area (Å²) < 4.78 is 4.85. The first-order valence-corrected chi connectivity index (χ1v) is 28.3. The van der Waals surface area contributed by atoms with E-state index in [1.807, 2.05) is 26.0 Å². The Morgan fingerprint density at radius 1 is 0.212 bits per heavy atom. The highest BCUT2D eigenvalue weighted by Gasteiger charge is 2.18. The van der Waals surface area contributed by atoms with Gasteiger partial charge in [0.05, 0.1) is 22.1 Å². The number of thiol groups is 1. The number of rotatable bonds is 9. The first-order valence-electron chi connectivity index (χ1n) is 27.4. The van der Waals surface area contributed by atoms with Gasteiger partial charge in [0, 0.05) is 32.9 Å². The summed E-state index contributed by atoms with van der Waals surface area (Å²) in [5.74, 6) is 0. The van der Waals surface area contributed by atoms with Crippen LogP contribution in [0.25, 0.3) is 133 Å². The molecule has 0 unspecified atom stereocenters. The van der Waals surface area contributed by atoms with Gasteiger partial charge >= 0.3 is 0 Å². The van der Waals surface area contributed by atoms with Gasteiger partial charge in [-0.2, -0.15) is 12.6 Å². The number of hydrogen-bond donors (Lipinski definition) is 1. The van der Waals surface area contributed by atoms with Crippen molar-refractivity contribution in [2.45, 2.75) is 13.8 Å². The van der Waals surface area contributed by atoms with Gasteiger partial charge in [0.2, 0.25) is 0 Å². The van der Waals surface area contributed by atoms with Crippen LogP contribution in [0.1, 0.15) is 13.8 Å². The Hall–Kier alpha value is -9.67. The smallest absolute Gasteiger partial charge is 0.0541 e. The number of fused-ring (bicyclic) bond motifs is 6. The van der Waals surface area contributed by atoms with Gasteiger partial charge in [-0.25, -0.2) is 0 Å². The molecule has 2 aromatic heterocycles. The summed E-state index contributed by atoms with van der Waals surface area (Å²) in [5.41, 5.74) is 23.8. The zero-order valence-corrected chi connectivity index (χ0v) is 46.1. The Bertz CT molecular complexity index is 4230. The highest BCUT2D eigenvalue weighted by atomic mass is 32.1. The molecule has 0 atom stereocenters. The summed E-state index contributed by atoms with van der Waals surface area (Å²) in [7, 11) is 0. The highest BCUT2D eigenvalue weighted by Crippen LogP contribution is 2.40. The molecular formula is C77H60N2S. The van der Waals surface area contributed by atoms with Crippen LogP contribution in [0, 0.1) is 0 Å². The molecule has 0 spiro atoms. The standard InChI is InChI=1S/C72H48N2.C4H8.CH4S/c1-3-17-49(18-4-1)51-21-11-23-53(41-51)55-25-13-27-57(43-55)59-29-15-31-63(45-59)73-69-35-9-7-33-65(69)67-47-61(37-39-71(67)73)62-38-40-72-68(48-62)66-34-8-10-36-70(66)74(72)64-32-16-30-60(46-64)58-28-14-26-56(44-58)54-24-12-22-52(42-54)50-19-5-2-6-20-50;1-3-4-2;1-2/h1-48H;3-4H,1-2H3;2H,1H3/b;4-3-;. The molecule has 80 heavy (non-hydrogen) atoms. The summed E-state index contributed by atoms with van der Waals surface area (Å²) in [4.78, 5) is 0. The van der Waals surface area contributed by atoms with Crippen molar-refractivity contribution in [2.24, 2.45) is 0 Å². The zero-order chi connectivity index (χ0) is 54.4. The lowest BCUT2D eigenvalue weighted by atomic mass is 9.96. The molecule has 0 aliphatic heterocycles. The predicted molar refractivity (Wildman–Crippen MR) is 349 cm³/mol. The first kappa shape index (κ1) is 51.1. The van der Waals surface area contributed by atoms with Crippen LogP contribution >= 0.6 is 12.6 Å². The predicted octanol–water partition coefficient (Wildman–Crippen LogP) is 21.7. The monoisotopic (exact) mass is 1040 g/mol. The normalized spacial score (nSPS) is 11.2. The number of para-hydroxylation sites is 2. The molecule has 0 aliphatic carbocycles. The van der Waals surface area contributed by atoms with Crippen LogP contribution < -0.4 is 0 Å². The molecule has 0 saturated heterocycles. The molecular weight excluding hydrogens is 985 g/mol. The van der Waals surface area contributed by atoms with Crippen LogP contribution in [0.3, 0.4) is 0 Å². The van der Waals surface area contributed by atoms with Gasteiger partial charge in [-0.3, -0.25) is 0 Å². The Balaban J connectivity index is 0.00000102. The lowest BCUT2D eigenvalue weighted by Crippen LogP contribution is -1.94. The highest BCUT2D eigenvalue weighted by molar-refractivity contribution is 7.79. The van der Waals surface area contributed by atoms with Gasteiger partial charge < -0.3 is 9.13 Å². The lowest BCUT2D eigenvalue weighted by molar-refractivity contribution is 1.18. The van der Waals surface area contributed by atoms with Gasteiger partial charge in [0.15, 0.2) is 0 Å². The van der Waals surface area contributed by atoms with Crippen molar-refractivity contribution in [1.82, 2.24) is 9.13 Å². The van der Waals surface area contributed by atoms with Crippen molar-refractivity contribution in [3.8, 4) is 89.3 Å². The van der Waals surface area contributed by atoms with Crippen molar-refractivity contribution in [2.75, 3.05) is 6.26 Å². The number of hydrogen-bond acceptors (Lipinski definition) is 1. The van der Waals surface area contributed by atoms with E-state index in [4.69, 9.17) is 0 Å². The molecule has 0 N–H and O–H groups in total. The van der Waals surface area contributed by atoms with E-state index in [0.29, 0.717) is 0 Å². The molecule has 0 radical (unpaired) electrons. The second kappa shape index (κ2) is 23.1. The minimum Gasteiger partial charge on any atom is -0.309 e. The summed E-state index contributed by atoms with van der Waals surface area (Å²) in [6.07, 6.45) is 5.69. The molecule has 0 saturated carbocycles. The second-order valence-electron chi connectivity index (χ2n) is 20.0. The molecule has 2 heterocycles. The molecule has 0 aliphatic rings. The summed E-state index contributed by atoms with van der Waals surface area (Å²) >= 11 is 3.53. The van der Waals surface area contributed by atoms with E-state index >= 15 is 0 Å². The average Bonchev–Trinajstić information content (AvgIpc) is 4.30. The summed E-state index contributed by atoms with van der Waals surface area (Å²) in [6, 6.07) is 106. The Kier molecular flexibility index (Phi) is 14.8. The van der Waals surface area contributed by atoms with Crippen LogP contribution in [0.15, 0.2) is 303 Å². The van der Waals surface area contributed by atoms with Crippen molar-refractivity contribution in [3.05, 3.63) is 303 Å². The van der Waals surface area contributed by atoms with E-state index in [9.17, 15) is 0 Å². The van der Waals surface area contributed by atoms with Gasteiger partial charge in [-0.1, -0.05) is 218 Å². The molecule has 14 rings (SSSR count). The van der Waals surface area contributed by atoms with E-state index in [-0.39, 0.29) is 0 Å². The molecule has 14 aromatic rings. The van der Waals surface area contributed by atoms with Crippen LogP contribution in [-0.2, 0) is 0 Å². The maximum Gasteiger partial charge on any atom is 0.0541 e. The quantitative estimate of drug-likeness (QED) is 0.109. The third-order valence-corrected chi connectivity index (χ3v) is 15.2. The number of nitrogens with zero attached hydrogens (tertiary/aromatic N) is 2. The zero-order valence-electron chi connectivity index (χ0n) is 45.2. The van der Waals surface area contributed by atoms with Crippen LogP contribution in [0.2, 0.25) is 0 Å². The fraction of sp³-hybridized carbons (Fsp3) is 0.0390. The maximum absolute atomic E-state index is 3.53. The van der Waals surface area contributed by atoms with E-state index in [2.05, 4.69) is 313 Å². The largest absolute Gasteiger partial charge is 0.309 e. The Morgan fingerprint density at radius 3 is 0.800 bits per heavy atom.